The molecule has 1 unspecified atom stereocenters. The third kappa shape index (κ3) is 5.44. The van der Waals surface area contributed by atoms with Crippen LogP contribution in [0, 0.1) is 0 Å². The molecule has 0 aromatic heterocycles. The van der Waals surface area contributed by atoms with Gasteiger partial charge in [-0.1, -0.05) is 0 Å². The number of amides is 1. The number of nitrogens with one attached hydrogen (secondary N) is 2. The Morgan fingerprint density at radius 1 is 1.47 bits per heavy atom. The van der Waals surface area contributed by atoms with Crippen LogP contribution in [0.25, 0.3) is 0 Å². The smallest absolute Gasteiger partial charge is 0.237 e. The molecule has 0 aromatic rings. The standard InChI is InChI=1S/C9H20N4O3S/c1-8(13-5-2-11-3-6-13)9(14)12-4-7-17(10,15)16/h8,11H,2-7H2,1H3,(H,12,14)(H2,10,15,16). The summed E-state index contributed by atoms with van der Waals surface area (Å²) < 4.78 is 21.4. The van der Waals surface area contributed by atoms with E-state index in [0.29, 0.717) is 0 Å². The summed E-state index contributed by atoms with van der Waals surface area (Å²) in [5.41, 5.74) is 0. The van der Waals surface area contributed by atoms with Gasteiger partial charge in [0.1, 0.15) is 0 Å². The maximum absolute atomic E-state index is 11.7. The molecule has 0 aromatic carbocycles. The molecule has 1 amide bonds. The zero-order valence-corrected chi connectivity index (χ0v) is 10.8. The van der Waals surface area contributed by atoms with Crippen molar-refractivity contribution in [2.75, 3.05) is 38.5 Å². The summed E-state index contributed by atoms with van der Waals surface area (Å²) in [5, 5.41) is 10.6. The normalized spacial score (nSPS) is 19.9. The number of carbonyl (C=O) groups excluding carboxylic acids is 1. The summed E-state index contributed by atoms with van der Waals surface area (Å²) >= 11 is 0. The predicted molar refractivity (Wildman–Crippen MR) is 64.9 cm³/mol. The number of primary sulfonamides is 1. The summed E-state index contributed by atoms with van der Waals surface area (Å²) in [6.45, 7) is 5.27. The van der Waals surface area contributed by atoms with Crippen molar-refractivity contribution in [3.63, 3.8) is 0 Å². The molecule has 1 fully saturated rings. The molecule has 1 atom stereocenters. The fourth-order valence-corrected chi connectivity index (χ4v) is 2.09. The summed E-state index contributed by atoms with van der Waals surface area (Å²) in [6.07, 6.45) is 0. The third-order valence-electron chi connectivity index (χ3n) is 2.76. The second-order valence-electron chi connectivity index (χ2n) is 4.12. The number of piperazine rings is 1. The molecule has 1 rings (SSSR count). The number of nitrogens with two attached hydrogens (primary N) is 1. The molecule has 7 nitrogen and oxygen atoms in total. The van der Waals surface area contributed by atoms with Gasteiger partial charge in [0, 0.05) is 32.7 Å². The molecule has 0 aliphatic carbocycles. The summed E-state index contributed by atoms with van der Waals surface area (Å²) in [4.78, 5) is 13.8. The van der Waals surface area contributed by atoms with Gasteiger partial charge in [-0.2, -0.15) is 0 Å². The lowest BCUT2D eigenvalue weighted by atomic mass is 10.2. The van der Waals surface area contributed by atoms with Gasteiger partial charge in [0.15, 0.2) is 0 Å². The Hall–Kier alpha value is -0.700. The quantitative estimate of drug-likeness (QED) is 0.517. The van der Waals surface area contributed by atoms with Crippen molar-refractivity contribution in [1.29, 1.82) is 0 Å². The van der Waals surface area contributed by atoms with Gasteiger partial charge in [0.05, 0.1) is 11.8 Å². The molecule has 0 saturated carbocycles. The van der Waals surface area contributed by atoms with Crippen LogP contribution in [0.15, 0.2) is 0 Å². The van der Waals surface area contributed by atoms with Crippen LogP contribution < -0.4 is 15.8 Å². The van der Waals surface area contributed by atoms with E-state index in [1.807, 2.05) is 6.92 Å². The van der Waals surface area contributed by atoms with Crippen LogP contribution in [0.5, 0.6) is 0 Å². The SMILES string of the molecule is CC(C(=O)NCCS(N)(=O)=O)N1CCNCC1. The van der Waals surface area contributed by atoms with Crippen molar-refractivity contribution in [2.24, 2.45) is 5.14 Å². The maximum Gasteiger partial charge on any atom is 0.237 e. The van der Waals surface area contributed by atoms with Gasteiger partial charge >= 0.3 is 0 Å². The van der Waals surface area contributed by atoms with Crippen molar-refractivity contribution in [3.05, 3.63) is 0 Å². The highest BCUT2D eigenvalue weighted by molar-refractivity contribution is 7.89. The Morgan fingerprint density at radius 2 is 2.06 bits per heavy atom. The first kappa shape index (κ1) is 14.4. The average Bonchev–Trinajstić information content (AvgIpc) is 2.27. The largest absolute Gasteiger partial charge is 0.354 e. The Morgan fingerprint density at radius 3 is 2.59 bits per heavy atom. The molecule has 1 aliphatic rings. The molecule has 17 heavy (non-hydrogen) atoms. The third-order valence-corrected chi connectivity index (χ3v) is 3.54. The van der Waals surface area contributed by atoms with Crippen LogP contribution in [0.4, 0.5) is 0 Å². The molecule has 0 radical (unpaired) electrons. The monoisotopic (exact) mass is 264 g/mol. The van der Waals surface area contributed by atoms with Crippen LogP contribution in [0.3, 0.4) is 0 Å². The molecule has 8 heteroatoms. The van der Waals surface area contributed by atoms with Crippen molar-refractivity contribution < 1.29 is 13.2 Å². The van der Waals surface area contributed by atoms with E-state index in [1.54, 1.807) is 0 Å². The van der Waals surface area contributed by atoms with Crippen LogP contribution in [-0.2, 0) is 14.8 Å². The van der Waals surface area contributed by atoms with E-state index in [9.17, 15) is 13.2 Å². The van der Waals surface area contributed by atoms with E-state index < -0.39 is 10.0 Å². The predicted octanol–water partition coefficient (Wildman–Crippen LogP) is -2.32. The van der Waals surface area contributed by atoms with Crippen LogP contribution in [0.1, 0.15) is 6.92 Å². The zero-order chi connectivity index (χ0) is 12.9. The Bertz CT molecular complexity index is 351. The van der Waals surface area contributed by atoms with Gasteiger partial charge < -0.3 is 10.6 Å². The highest BCUT2D eigenvalue weighted by Crippen LogP contribution is 2.00. The Balaban J connectivity index is 2.31. The van der Waals surface area contributed by atoms with Crippen molar-refractivity contribution in [1.82, 2.24) is 15.5 Å². The number of carbonyl (C=O) groups is 1. The van der Waals surface area contributed by atoms with Gasteiger partial charge in [-0.3, -0.25) is 9.69 Å². The van der Waals surface area contributed by atoms with Gasteiger partial charge in [0.2, 0.25) is 15.9 Å². The zero-order valence-electron chi connectivity index (χ0n) is 9.98. The number of sulfonamides is 1. The fraction of sp³-hybridized carbons (Fsp3) is 0.889. The Labute approximate surface area is 102 Å². The van der Waals surface area contributed by atoms with E-state index in [1.165, 1.54) is 0 Å². The molecule has 1 saturated heterocycles. The van der Waals surface area contributed by atoms with E-state index in [-0.39, 0.29) is 24.2 Å². The molecule has 0 spiro atoms. The first-order chi connectivity index (χ1) is 7.90. The Kier molecular flexibility index (Phi) is 5.31. The van der Waals surface area contributed by atoms with E-state index >= 15 is 0 Å². The first-order valence-corrected chi connectivity index (χ1v) is 7.34. The lowest BCUT2D eigenvalue weighted by Crippen LogP contribution is -2.53. The van der Waals surface area contributed by atoms with Crippen molar-refractivity contribution >= 4 is 15.9 Å². The number of hydrogen-bond donors (Lipinski definition) is 3. The minimum Gasteiger partial charge on any atom is -0.354 e. The average molecular weight is 264 g/mol. The minimum atomic E-state index is -3.51. The second-order valence-corrected chi connectivity index (χ2v) is 5.85. The minimum absolute atomic E-state index is 0.0636. The molecular weight excluding hydrogens is 244 g/mol. The molecule has 4 N–H and O–H groups in total. The van der Waals surface area contributed by atoms with E-state index in [4.69, 9.17) is 5.14 Å². The number of nitrogens with zero attached hydrogens (tertiary/aromatic N) is 1. The van der Waals surface area contributed by atoms with Crippen LogP contribution in [0.2, 0.25) is 0 Å². The van der Waals surface area contributed by atoms with E-state index in [0.717, 1.165) is 26.2 Å². The van der Waals surface area contributed by atoms with Gasteiger partial charge in [0.25, 0.3) is 0 Å². The molecule has 0 bridgehead atoms. The summed E-state index contributed by atoms with van der Waals surface area (Å²) in [7, 11) is -3.51. The highest BCUT2D eigenvalue weighted by atomic mass is 32.2. The van der Waals surface area contributed by atoms with Gasteiger partial charge in [-0.15, -0.1) is 0 Å². The van der Waals surface area contributed by atoms with Crippen LogP contribution >= 0.6 is 0 Å². The fourth-order valence-electron chi connectivity index (χ4n) is 1.70. The van der Waals surface area contributed by atoms with E-state index in [2.05, 4.69) is 15.5 Å². The number of rotatable bonds is 5. The van der Waals surface area contributed by atoms with Crippen molar-refractivity contribution in [3.8, 4) is 0 Å². The highest BCUT2D eigenvalue weighted by Gasteiger charge is 2.22. The topological polar surface area (TPSA) is 105 Å². The molecule has 1 heterocycles. The number of hydrogen-bond acceptors (Lipinski definition) is 5. The summed E-state index contributed by atoms with van der Waals surface area (Å²) in [6, 6.07) is -0.238. The van der Waals surface area contributed by atoms with Gasteiger partial charge in [-0.05, 0) is 6.92 Å². The lowest BCUT2D eigenvalue weighted by Gasteiger charge is -2.31. The molecule has 1 aliphatic heterocycles. The van der Waals surface area contributed by atoms with Crippen molar-refractivity contribution in [2.45, 2.75) is 13.0 Å². The molecular formula is C9H20N4O3S. The second kappa shape index (κ2) is 6.29. The lowest BCUT2D eigenvalue weighted by molar-refractivity contribution is -0.125. The molecule has 100 valence electrons. The first-order valence-electron chi connectivity index (χ1n) is 5.63. The van der Waals surface area contributed by atoms with Crippen LogP contribution in [-0.4, -0.2) is 63.7 Å². The van der Waals surface area contributed by atoms with Gasteiger partial charge in [-0.25, -0.2) is 13.6 Å². The summed E-state index contributed by atoms with van der Waals surface area (Å²) in [5.74, 6) is -0.386. The maximum atomic E-state index is 11.7.